The smallest absolute Gasteiger partial charge is 0.408 e. The largest absolute Gasteiger partial charge is 0.462 e. The number of carbonyl (C=O) groups excluding carboxylic acids is 2. The molecule has 188 valence electrons. The zero-order valence-corrected chi connectivity index (χ0v) is 20.4. The van der Waals surface area contributed by atoms with Gasteiger partial charge in [-0.1, -0.05) is 24.0 Å². The number of rotatable bonds is 5. The fraction of sp³-hybridized carbons (Fsp3) is 0.296. The second kappa shape index (κ2) is 11.0. The molecule has 0 bridgehead atoms. The fourth-order valence-corrected chi connectivity index (χ4v) is 3.40. The summed E-state index contributed by atoms with van der Waals surface area (Å²) in [7, 11) is 0. The van der Waals surface area contributed by atoms with Crippen molar-refractivity contribution in [2.45, 2.75) is 39.8 Å². The van der Waals surface area contributed by atoms with Crippen LogP contribution in [0.5, 0.6) is 0 Å². The number of aromatic nitrogens is 1. The topological polar surface area (TPSA) is 86.6 Å². The van der Waals surface area contributed by atoms with E-state index in [2.05, 4.69) is 17.2 Å². The summed E-state index contributed by atoms with van der Waals surface area (Å²) < 4.78 is 40.6. The summed E-state index contributed by atoms with van der Waals surface area (Å²) in [5.41, 5.74) is -0.799. The highest BCUT2D eigenvalue weighted by Gasteiger charge is 2.21. The summed E-state index contributed by atoms with van der Waals surface area (Å²) in [6.07, 6.45) is 0.618. The summed E-state index contributed by atoms with van der Waals surface area (Å²) in [6, 6.07) is 8.70. The number of nitrogens with zero attached hydrogens (tertiary/aromatic N) is 1. The van der Waals surface area contributed by atoms with Crippen LogP contribution in [-0.4, -0.2) is 35.4 Å². The maximum absolute atomic E-state index is 14.7. The SMILES string of the molecule is CCOC(=O)c1cn(Cc2ccc(C#CCNC(=O)OC(C)(C)C)cc2)c2c(F)ccc(F)c2c1=O. The fourth-order valence-electron chi connectivity index (χ4n) is 3.40. The molecule has 7 nitrogen and oxygen atoms in total. The van der Waals surface area contributed by atoms with Gasteiger partial charge in [-0.15, -0.1) is 0 Å². The molecular weight excluding hydrogens is 470 g/mol. The highest BCUT2D eigenvalue weighted by atomic mass is 19.1. The van der Waals surface area contributed by atoms with Gasteiger partial charge in [0.2, 0.25) is 5.43 Å². The normalized spacial score (nSPS) is 10.9. The van der Waals surface area contributed by atoms with Crippen molar-refractivity contribution >= 4 is 23.0 Å². The molecular formula is C27H26F2N2O5. The lowest BCUT2D eigenvalue weighted by Gasteiger charge is -2.19. The Morgan fingerprint density at radius 1 is 1.06 bits per heavy atom. The molecule has 0 radical (unpaired) electrons. The molecule has 0 aliphatic rings. The van der Waals surface area contributed by atoms with Gasteiger partial charge in [0.1, 0.15) is 22.8 Å². The van der Waals surface area contributed by atoms with E-state index in [1.807, 2.05) is 0 Å². The Kier molecular flexibility index (Phi) is 8.10. The molecule has 0 aliphatic carbocycles. The minimum Gasteiger partial charge on any atom is -0.462 e. The number of ether oxygens (including phenoxy) is 2. The van der Waals surface area contributed by atoms with Crippen molar-refractivity contribution < 1.29 is 27.8 Å². The lowest BCUT2D eigenvalue weighted by atomic mass is 10.1. The van der Waals surface area contributed by atoms with Crippen LogP contribution in [0, 0.1) is 23.5 Å². The van der Waals surface area contributed by atoms with Crippen molar-refractivity contribution in [1.82, 2.24) is 9.88 Å². The van der Waals surface area contributed by atoms with Crippen LogP contribution in [0.15, 0.2) is 47.4 Å². The number of alkyl carbamates (subject to hydrolysis) is 1. The number of hydrogen-bond donors (Lipinski definition) is 1. The Balaban J connectivity index is 1.84. The van der Waals surface area contributed by atoms with Gasteiger partial charge in [0.25, 0.3) is 0 Å². The van der Waals surface area contributed by atoms with E-state index in [0.717, 1.165) is 12.1 Å². The molecule has 1 aromatic heterocycles. The third-order valence-electron chi connectivity index (χ3n) is 4.88. The van der Waals surface area contributed by atoms with Crippen molar-refractivity contribution in [2.75, 3.05) is 13.2 Å². The second-order valence-corrected chi connectivity index (χ2v) is 8.83. The van der Waals surface area contributed by atoms with Gasteiger partial charge in [0, 0.05) is 18.3 Å². The van der Waals surface area contributed by atoms with Crippen LogP contribution in [0.25, 0.3) is 10.9 Å². The number of nitrogens with one attached hydrogen (secondary N) is 1. The number of esters is 1. The van der Waals surface area contributed by atoms with Crippen molar-refractivity contribution in [1.29, 1.82) is 0 Å². The standard InChI is InChI=1S/C27H26F2N2O5/c1-5-35-25(33)19-16-31(23-21(29)13-12-20(28)22(23)24(19)32)15-18-10-8-17(9-11-18)7-6-14-30-26(34)36-27(2,3)4/h8-13,16H,5,14-15H2,1-4H3,(H,30,34). The predicted octanol–water partition coefficient (Wildman–Crippen LogP) is 4.38. The lowest BCUT2D eigenvalue weighted by Crippen LogP contribution is -2.32. The van der Waals surface area contributed by atoms with E-state index >= 15 is 0 Å². The van der Waals surface area contributed by atoms with Crippen molar-refractivity contribution in [3.05, 3.63) is 81.1 Å². The van der Waals surface area contributed by atoms with Gasteiger partial charge >= 0.3 is 12.1 Å². The first kappa shape index (κ1) is 26.4. The second-order valence-electron chi connectivity index (χ2n) is 8.83. The first-order chi connectivity index (χ1) is 17.0. The maximum Gasteiger partial charge on any atom is 0.408 e. The number of carbonyl (C=O) groups is 2. The summed E-state index contributed by atoms with van der Waals surface area (Å²) >= 11 is 0. The highest BCUT2D eigenvalue weighted by molar-refractivity contribution is 5.94. The van der Waals surface area contributed by atoms with E-state index in [1.54, 1.807) is 52.0 Å². The van der Waals surface area contributed by atoms with Gasteiger partial charge in [-0.25, -0.2) is 18.4 Å². The number of halogens is 2. The Labute approximate surface area is 207 Å². The number of fused-ring (bicyclic) bond motifs is 1. The van der Waals surface area contributed by atoms with Gasteiger partial charge in [-0.05, 0) is 57.5 Å². The third kappa shape index (κ3) is 6.48. The molecule has 1 amide bonds. The molecule has 0 fully saturated rings. The zero-order chi connectivity index (χ0) is 26.5. The lowest BCUT2D eigenvalue weighted by molar-refractivity contribution is 0.0517. The average Bonchev–Trinajstić information content (AvgIpc) is 2.80. The van der Waals surface area contributed by atoms with Crippen LogP contribution < -0.4 is 10.7 Å². The summed E-state index contributed by atoms with van der Waals surface area (Å²) in [4.78, 5) is 36.7. The molecule has 2 aromatic carbocycles. The highest BCUT2D eigenvalue weighted by Crippen LogP contribution is 2.21. The first-order valence-electron chi connectivity index (χ1n) is 11.2. The van der Waals surface area contributed by atoms with Crippen molar-refractivity contribution in [2.24, 2.45) is 0 Å². The minimum absolute atomic E-state index is 0.0255. The van der Waals surface area contributed by atoms with Crippen LogP contribution in [0.1, 0.15) is 49.2 Å². The van der Waals surface area contributed by atoms with Gasteiger partial charge in [0.15, 0.2) is 0 Å². The van der Waals surface area contributed by atoms with Gasteiger partial charge in [-0.3, -0.25) is 4.79 Å². The van der Waals surface area contributed by atoms with E-state index in [-0.39, 0.29) is 30.8 Å². The molecule has 0 saturated heterocycles. The molecule has 0 unspecified atom stereocenters. The number of hydrogen-bond acceptors (Lipinski definition) is 5. The third-order valence-corrected chi connectivity index (χ3v) is 4.88. The minimum atomic E-state index is -0.929. The van der Waals surface area contributed by atoms with Crippen LogP contribution in [-0.2, 0) is 16.0 Å². The predicted molar refractivity (Wildman–Crippen MR) is 131 cm³/mol. The molecule has 0 atom stereocenters. The van der Waals surface area contributed by atoms with Crippen molar-refractivity contribution in [3.63, 3.8) is 0 Å². The Bertz CT molecular complexity index is 1410. The summed E-state index contributed by atoms with van der Waals surface area (Å²) in [5, 5.41) is 2.03. The van der Waals surface area contributed by atoms with Crippen LogP contribution in [0.2, 0.25) is 0 Å². The molecule has 0 spiro atoms. The first-order valence-corrected chi connectivity index (χ1v) is 11.2. The average molecular weight is 497 g/mol. The van der Waals surface area contributed by atoms with Crippen molar-refractivity contribution in [3.8, 4) is 11.8 Å². The summed E-state index contributed by atoms with van der Waals surface area (Å²) in [5.74, 6) is 3.09. The summed E-state index contributed by atoms with van der Waals surface area (Å²) in [6.45, 7) is 7.04. The van der Waals surface area contributed by atoms with E-state index in [0.29, 0.717) is 11.1 Å². The number of benzene rings is 2. The molecule has 1 N–H and O–H groups in total. The Morgan fingerprint density at radius 2 is 1.72 bits per heavy atom. The maximum atomic E-state index is 14.7. The monoisotopic (exact) mass is 496 g/mol. The molecule has 9 heteroatoms. The molecule has 36 heavy (non-hydrogen) atoms. The quantitative estimate of drug-likeness (QED) is 0.419. The Morgan fingerprint density at radius 3 is 2.36 bits per heavy atom. The van der Waals surface area contributed by atoms with Crippen LogP contribution in [0.4, 0.5) is 13.6 Å². The van der Waals surface area contributed by atoms with Gasteiger partial charge in [-0.2, -0.15) is 0 Å². The molecule has 3 rings (SSSR count). The van der Waals surface area contributed by atoms with Gasteiger partial charge in [0.05, 0.1) is 24.1 Å². The molecule has 3 aromatic rings. The molecule has 0 aliphatic heterocycles. The number of amides is 1. The Hall–Kier alpha value is -4.19. The van der Waals surface area contributed by atoms with E-state index < -0.39 is 40.1 Å². The van der Waals surface area contributed by atoms with E-state index in [4.69, 9.17) is 9.47 Å². The van der Waals surface area contributed by atoms with Crippen LogP contribution in [0.3, 0.4) is 0 Å². The van der Waals surface area contributed by atoms with E-state index in [1.165, 1.54) is 10.8 Å². The molecule has 0 saturated carbocycles. The zero-order valence-electron chi connectivity index (χ0n) is 20.4. The van der Waals surface area contributed by atoms with E-state index in [9.17, 15) is 23.2 Å². The van der Waals surface area contributed by atoms with Crippen LogP contribution >= 0.6 is 0 Å². The molecule has 1 heterocycles. The van der Waals surface area contributed by atoms with Gasteiger partial charge < -0.3 is 19.4 Å². The number of pyridine rings is 1.